The maximum Gasteiger partial charge on any atom is 0.218 e. The van der Waals surface area contributed by atoms with Gasteiger partial charge in [0.25, 0.3) is 0 Å². The van der Waals surface area contributed by atoms with Crippen LogP contribution in [0.15, 0.2) is 12.4 Å². The maximum atomic E-state index is 5.37. The van der Waals surface area contributed by atoms with Gasteiger partial charge in [-0.2, -0.15) is 0 Å². The fourth-order valence-corrected chi connectivity index (χ4v) is 2.27. The van der Waals surface area contributed by atoms with Gasteiger partial charge in [0.05, 0.1) is 6.61 Å². The molecule has 0 radical (unpaired) electrons. The second kappa shape index (κ2) is 6.00. The van der Waals surface area contributed by atoms with Crippen molar-refractivity contribution in [2.24, 2.45) is 0 Å². The van der Waals surface area contributed by atoms with Crippen molar-refractivity contribution in [3.8, 4) is 5.88 Å². The first kappa shape index (κ1) is 13.1. The van der Waals surface area contributed by atoms with Crippen LogP contribution < -0.4 is 10.1 Å². The maximum absolute atomic E-state index is 5.37. The Labute approximate surface area is 109 Å². The van der Waals surface area contributed by atoms with E-state index in [1.165, 1.54) is 0 Å². The normalized spacial score (nSPS) is 24.8. The zero-order valence-corrected chi connectivity index (χ0v) is 11.4. The molecule has 0 saturated carbocycles. The van der Waals surface area contributed by atoms with Crippen molar-refractivity contribution in [1.82, 2.24) is 14.9 Å². The average Bonchev–Trinajstić information content (AvgIpc) is 2.35. The number of likely N-dealkylation sites (tertiary alicyclic amines) is 1. The van der Waals surface area contributed by atoms with Crippen LogP contribution in [0.4, 0.5) is 5.82 Å². The molecule has 0 bridgehead atoms. The van der Waals surface area contributed by atoms with Crippen LogP contribution in [0.5, 0.6) is 5.88 Å². The smallest absolute Gasteiger partial charge is 0.218 e. The van der Waals surface area contributed by atoms with Crippen LogP contribution in [0.2, 0.25) is 0 Å². The van der Waals surface area contributed by atoms with Gasteiger partial charge in [0.2, 0.25) is 5.88 Å². The fourth-order valence-electron chi connectivity index (χ4n) is 2.27. The van der Waals surface area contributed by atoms with E-state index in [1.54, 1.807) is 6.33 Å². The highest BCUT2D eigenvalue weighted by Crippen LogP contribution is 2.20. The van der Waals surface area contributed by atoms with Crippen molar-refractivity contribution in [3.05, 3.63) is 12.4 Å². The van der Waals surface area contributed by atoms with Crippen molar-refractivity contribution in [2.75, 3.05) is 25.5 Å². The summed E-state index contributed by atoms with van der Waals surface area (Å²) in [5.74, 6) is 1.49. The molecule has 0 aliphatic carbocycles. The number of piperidine rings is 1. The molecule has 0 spiro atoms. The van der Waals surface area contributed by atoms with Crippen LogP contribution in [0.1, 0.15) is 26.7 Å². The third kappa shape index (κ3) is 3.32. The number of anilines is 1. The minimum atomic E-state index is 0.487. The van der Waals surface area contributed by atoms with Gasteiger partial charge < -0.3 is 15.0 Å². The Bertz CT molecular complexity index is 385. The van der Waals surface area contributed by atoms with Crippen molar-refractivity contribution in [1.29, 1.82) is 0 Å². The van der Waals surface area contributed by atoms with Gasteiger partial charge in [-0.15, -0.1) is 0 Å². The molecule has 2 rings (SSSR count). The topological polar surface area (TPSA) is 50.3 Å². The molecule has 1 aliphatic heterocycles. The summed E-state index contributed by atoms with van der Waals surface area (Å²) < 4.78 is 5.37. The summed E-state index contributed by atoms with van der Waals surface area (Å²) in [6.07, 6.45) is 3.84. The van der Waals surface area contributed by atoms with E-state index in [-0.39, 0.29) is 0 Å². The summed E-state index contributed by atoms with van der Waals surface area (Å²) in [6, 6.07) is 2.97. The lowest BCUT2D eigenvalue weighted by Gasteiger charge is -2.35. The van der Waals surface area contributed by atoms with Gasteiger partial charge in [0, 0.05) is 24.7 Å². The summed E-state index contributed by atoms with van der Waals surface area (Å²) in [5, 5.41) is 3.47. The quantitative estimate of drug-likeness (QED) is 0.882. The van der Waals surface area contributed by atoms with Gasteiger partial charge in [-0.25, -0.2) is 9.97 Å². The lowest BCUT2D eigenvalue weighted by Crippen LogP contribution is -2.42. The van der Waals surface area contributed by atoms with E-state index in [0.717, 1.165) is 25.2 Å². The molecule has 18 heavy (non-hydrogen) atoms. The summed E-state index contributed by atoms with van der Waals surface area (Å²) in [4.78, 5) is 10.7. The molecule has 1 fully saturated rings. The van der Waals surface area contributed by atoms with Crippen molar-refractivity contribution in [2.45, 2.75) is 38.8 Å². The highest BCUT2D eigenvalue weighted by atomic mass is 16.5. The Morgan fingerprint density at radius 1 is 1.50 bits per heavy atom. The molecule has 2 atom stereocenters. The molecule has 1 aliphatic rings. The molecule has 5 heteroatoms. The van der Waals surface area contributed by atoms with Gasteiger partial charge >= 0.3 is 0 Å². The Hall–Kier alpha value is -1.36. The summed E-state index contributed by atoms with van der Waals surface area (Å²) >= 11 is 0. The van der Waals surface area contributed by atoms with Crippen molar-refractivity contribution >= 4 is 5.82 Å². The summed E-state index contributed by atoms with van der Waals surface area (Å²) in [6.45, 7) is 5.97. The molecule has 2 heterocycles. The SMILES string of the molecule is CCOc1cc(NC2CCN(C)C(C)C2)ncn1. The Kier molecular flexibility index (Phi) is 4.36. The van der Waals surface area contributed by atoms with E-state index in [2.05, 4.69) is 34.2 Å². The molecular weight excluding hydrogens is 228 g/mol. The largest absolute Gasteiger partial charge is 0.478 e. The molecule has 1 aromatic rings. The fraction of sp³-hybridized carbons (Fsp3) is 0.692. The van der Waals surface area contributed by atoms with Crippen LogP contribution in [-0.4, -0.2) is 47.2 Å². The number of ether oxygens (including phenoxy) is 1. The third-order valence-corrected chi connectivity index (χ3v) is 3.49. The molecule has 5 nitrogen and oxygen atoms in total. The van der Waals surface area contributed by atoms with Gasteiger partial charge in [-0.05, 0) is 33.7 Å². The lowest BCUT2D eigenvalue weighted by atomic mass is 9.99. The molecule has 2 unspecified atom stereocenters. The first-order chi connectivity index (χ1) is 8.69. The molecule has 0 amide bonds. The minimum absolute atomic E-state index is 0.487. The van der Waals surface area contributed by atoms with Gasteiger partial charge in [0.15, 0.2) is 0 Å². The van der Waals surface area contributed by atoms with Gasteiger partial charge in [-0.3, -0.25) is 0 Å². The monoisotopic (exact) mass is 250 g/mol. The standard InChI is InChI=1S/C13H22N4O/c1-4-18-13-8-12(14-9-15-13)16-11-5-6-17(3)10(2)7-11/h8-11H,4-7H2,1-3H3,(H,14,15,16). The highest BCUT2D eigenvalue weighted by molar-refractivity contribution is 5.38. The number of nitrogens with one attached hydrogen (secondary N) is 1. The number of rotatable bonds is 4. The lowest BCUT2D eigenvalue weighted by molar-refractivity contribution is 0.190. The zero-order chi connectivity index (χ0) is 13.0. The van der Waals surface area contributed by atoms with Crippen LogP contribution in [0.3, 0.4) is 0 Å². The number of nitrogens with zero attached hydrogens (tertiary/aromatic N) is 3. The van der Waals surface area contributed by atoms with E-state index in [0.29, 0.717) is 24.6 Å². The van der Waals surface area contributed by atoms with E-state index in [9.17, 15) is 0 Å². The van der Waals surface area contributed by atoms with Crippen LogP contribution >= 0.6 is 0 Å². The number of hydrogen-bond donors (Lipinski definition) is 1. The van der Waals surface area contributed by atoms with E-state index in [1.807, 2.05) is 13.0 Å². The second-order valence-electron chi connectivity index (χ2n) is 4.87. The second-order valence-corrected chi connectivity index (χ2v) is 4.87. The van der Waals surface area contributed by atoms with Gasteiger partial charge in [-0.1, -0.05) is 0 Å². The molecule has 1 saturated heterocycles. The van der Waals surface area contributed by atoms with Crippen LogP contribution in [0.25, 0.3) is 0 Å². The number of hydrogen-bond acceptors (Lipinski definition) is 5. The highest BCUT2D eigenvalue weighted by Gasteiger charge is 2.22. The molecule has 1 N–H and O–H groups in total. The zero-order valence-electron chi connectivity index (χ0n) is 11.4. The Morgan fingerprint density at radius 2 is 2.33 bits per heavy atom. The Morgan fingerprint density at radius 3 is 3.06 bits per heavy atom. The van der Waals surface area contributed by atoms with Crippen LogP contribution in [0, 0.1) is 0 Å². The predicted molar refractivity (Wildman–Crippen MR) is 71.9 cm³/mol. The molecular formula is C13H22N4O. The van der Waals surface area contributed by atoms with E-state index < -0.39 is 0 Å². The molecule has 0 aromatic carbocycles. The van der Waals surface area contributed by atoms with Crippen molar-refractivity contribution in [3.63, 3.8) is 0 Å². The summed E-state index contributed by atoms with van der Waals surface area (Å²) in [5.41, 5.74) is 0. The average molecular weight is 250 g/mol. The number of aromatic nitrogens is 2. The van der Waals surface area contributed by atoms with Crippen molar-refractivity contribution < 1.29 is 4.74 Å². The predicted octanol–water partition coefficient (Wildman–Crippen LogP) is 1.77. The molecule has 100 valence electrons. The Balaban J connectivity index is 1.94. The first-order valence-corrected chi connectivity index (χ1v) is 6.60. The van der Waals surface area contributed by atoms with E-state index in [4.69, 9.17) is 4.74 Å². The third-order valence-electron chi connectivity index (χ3n) is 3.49. The van der Waals surface area contributed by atoms with Gasteiger partial charge in [0.1, 0.15) is 12.1 Å². The first-order valence-electron chi connectivity index (χ1n) is 6.60. The summed E-state index contributed by atoms with van der Waals surface area (Å²) in [7, 11) is 2.18. The van der Waals surface area contributed by atoms with E-state index >= 15 is 0 Å². The van der Waals surface area contributed by atoms with Crippen LogP contribution in [-0.2, 0) is 0 Å². The minimum Gasteiger partial charge on any atom is -0.478 e. The molecule has 1 aromatic heterocycles.